The lowest BCUT2D eigenvalue weighted by Crippen LogP contribution is -2.37. The number of carboxylic acid groups (broad SMARTS) is 1. The zero-order chi connectivity index (χ0) is 14.0. The summed E-state index contributed by atoms with van der Waals surface area (Å²) in [6.07, 6.45) is 2.27. The molecule has 0 spiro atoms. The van der Waals surface area contributed by atoms with E-state index in [-0.39, 0.29) is 23.3 Å². The molecular formula is C13H15BrN2O3. The summed E-state index contributed by atoms with van der Waals surface area (Å²) in [5, 5.41) is 14.5. The number of carbonyl (C=O) groups excluding carboxylic acids is 1. The highest BCUT2D eigenvalue weighted by atomic mass is 79.9. The number of carbonyl (C=O) groups is 2. The number of hydrogen-bond acceptors (Lipinski definition) is 2. The topological polar surface area (TPSA) is 78.4 Å². The van der Waals surface area contributed by atoms with Crippen molar-refractivity contribution in [2.24, 2.45) is 5.92 Å². The zero-order valence-electron chi connectivity index (χ0n) is 10.4. The molecule has 102 valence electrons. The van der Waals surface area contributed by atoms with Gasteiger partial charge < -0.3 is 15.7 Å². The minimum absolute atomic E-state index is 0.0589. The Bertz CT molecular complexity index is 515. The van der Waals surface area contributed by atoms with Gasteiger partial charge in [0.2, 0.25) is 0 Å². The first-order valence-electron chi connectivity index (χ1n) is 6.08. The van der Waals surface area contributed by atoms with Gasteiger partial charge in [0.15, 0.2) is 0 Å². The van der Waals surface area contributed by atoms with Crippen LogP contribution in [0.15, 0.2) is 22.7 Å². The van der Waals surface area contributed by atoms with Crippen LogP contribution >= 0.6 is 15.9 Å². The lowest BCUT2D eigenvalue weighted by atomic mass is 10.2. The monoisotopic (exact) mass is 326 g/mol. The minimum atomic E-state index is -1.08. The van der Waals surface area contributed by atoms with E-state index in [1.54, 1.807) is 12.1 Å². The van der Waals surface area contributed by atoms with Crippen molar-refractivity contribution in [3.63, 3.8) is 0 Å². The first-order chi connectivity index (χ1) is 8.99. The second kappa shape index (κ2) is 5.61. The van der Waals surface area contributed by atoms with Gasteiger partial charge in [0, 0.05) is 10.5 Å². The third kappa shape index (κ3) is 3.47. The highest BCUT2D eigenvalue weighted by molar-refractivity contribution is 9.10. The standard InChI is InChI=1S/C13H15BrN2O3/c1-7(8-5-6-8)15-13(19)16-11-9(12(17)18)3-2-4-10(11)14/h2-4,7-8H,5-6H2,1H3,(H,17,18)(H2,15,16,19). The SMILES string of the molecule is CC(NC(=O)Nc1c(Br)cccc1C(=O)O)C1CC1. The molecule has 5 nitrogen and oxygen atoms in total. The number of anilines is 1. The van der Waals surface area contributed by atoms with Crippen molar-refractivity contribution < 1.29 is 14.7 Å². The van der Waals surface area contributed by atoms with Gasteiger partial charge in [-0.1, -0.05) is 6.07 Å². The van der Waals surface area contributed by atoms with Crippen molar-refractivity contribution in [2.75, 3.05) is 5.32 Å². The quantitative estimate of drug-likeness (QED) is 0.795. The molecule has 0 aliphatic heterocycles. The molecule has 1 unspecified atom stereocenters. The van der Waals surface area contributed by atoms with Crippen LogP contribution in [0.3, 0.4) is 0 Å². The molecule has 2 amide bonds. The van der Waals surface area contributed by atoms with Crippen LogP contribution in [-0.4, -0.2) is 23.1 Å². The summed E-state index contributed by atoms with van der Waals surface area (Å²) in [7, 11) is 0. The van der Waals surface area contributed by atoms with E-state index < -0.39 is 5.97 Å². The van der Waals surface area contributed by atoms with Crippen LogP contribution in [0, 0.1) is 5.92 Å². The molecule has 0 radical (unpaired) electrons. The van der Waals surface area contributed by atoms with E-state index >= 15 is 0 Å². The molecule has 1 aliphatic rings. The van der Waals surface area contributed by atoms with Crippen molar-refractivity contribution in [2.45, 2.75) is 25.8 Å². The zero-order valence-corrected chi connectivity index (χ0v) is 12.0. The Kier molecular flexibility index (Phi) is 4.09. The van der Waals surface area contributed by atoms with E-state index in [1.165, 1.54) is 6.07 Å². The fraction of sp³-hybridized carbons (Fsp3) is 0.385. The fourth-order valence-corrected chi connectivity index (χ4v) is 2.37. The van der Waals surface area contributed by atoms with E-state index in [0.717, 1.165) is 12.8 Å². The number of halogens is 1. The number of para-hydroxylation sites is 1. The van der Waals surface area contributed by atoms with Crippen molar-refractivity contribution in [1.29, 1.82) is 0 Å². The molecule has 6 heteroatoms. The Morgan fingerprint density at radius 2 is 2.11 bits per heavy atom. The van der Waals surface area contributed by atoms with Gasteiger partial charge in [0.05, 0.1) is 11.3 Å². The smallest absolute Gasteiger partial charge is 0.337 e. The molecule has 0 bridgehead atoms. The van der Waals surface area contributed by atoms with Crippen molar-refractivity contribution in [1.82, 2.24) is 5.32 Å². The maximum absolute atomic E-state index is 11.8. The minimum Gasteiger partial charge on any atom is -0.478 e. The number of hydrogen-bond donors (Lipinski definition) is 3. The molecule has 0 heterocycles. The largest absolute Gasteiger partial charge is 0.478 e. The van der Waals surface area contributed by atoms with E-state index in [0.29, 0.717) is 10.4 Å². The van der Waals surface area contributed by atoms with Gasteiger partial charge >= 0.3 is 12.0 Å². The molecule has 0 aromatic heterocycles. The molecule has 1 aromatic carbocycles. The number of benzene rings is 1. The normalized spacial score (nSPS) is 15.7. The summed E-state index contributed by atoms with van der Waals surface area (Å²) >= 11 is 3.25. The summed E-state index contributed by atoms with van der Waals surface area (Å²) in [6, 6.07) is 4.48. The van der Waals surface area contributed by atoms with E-state index in [4.69, 9.17) is 5.11 Å². The Labute approximate surface area is 119 Å². The Morgan fingerprint density at radius 3 is 2.68 bits per heavy atom. The van der Waals surface area contributed by atoms with Gasteiger partial charge in [0.25, 0.3) is 0 Å². The third-order valence-corrected chi connectivity index (χ3v) is 3.83. The fourth-order valence-electron chi connectivity index (χ4n) is 1.90. The molecule has 2 rings (SSSR count). The van der Waals surface area contributed by atoms with Crippen LogP contribution in [-0.2, 0) is 0 Å². The number of aromatic carboxylic acids is 1. The number of urea groups is 1. The second-order valence-electron chi connectivity index (χ2n) is 4.69. The average molecular weight is 327 g/mol. The first-order valence-corrected chi connectivity index (χ1v) is 6.87. The maximum atomic E-state index is 11.8. The Morgan fingerprint density at radius 1 is 1.42 bits per heavy atom. The number of amides is 2. The van der Waals surface area contributed by atoms with E-state index in [9.17, 15) is 9.59 Å². The molecule has 1 fully saturated rings. The lowest BCUT2D eigenvalue weighted by Gasteiger charge is -2.15. The molecule has 3 N–H and O–H groups in total. The molecule has 1 atom stereocenters. The van der Waals surface area contributed by atoms with Gasteiger partial charge in [-0.3, -0.25) is 0 Å². The maximum Gasteiger partial charge on any atom is 0.337 e. The molecular weight excluding hydrogens is 312 g/mol. The van der Waals surface area contributed by atoms with Gasteiger partial charge in [-0.05, 0) is 53.7 Å². The summed E-state index contributed by atoms with van der Waals surface area (Å²) < 4.78 is 0.543. The van der Waals surface area contributed by atoms with Crippen LogP contribution in [0.5, 0.6) is 0 Å². The van der Waals surface area contributed by atoms with Gasteiger partial charge in [-0.2, -0.15) is 0 Å². The van der Waals surface area contributed by atoms with Crippen molar-refractivity contribution >= 4 is 33.6 Å². The predicted molar refractivity (Wildman–Crippen MR) is 75.4 cm³/mol. The van der Waals surface area contributed by atoms with Crippen LogP contribution < -0.4 is 10.6 Å². The highest BCUT2D eigenvalue weighted by Crippen LogP contribution is 2.32. The van der Waals surface area contributed by atoms with Gasteiger partial charge in [0.1, 0.15) is 0 Å². The van der Waals surface area contributed by atoms with Crippen LogP contribution in [0.25, 0.3) is 0 Å². The third-order valence-electron chi connectivity index (χ3n) is 3.17. The van der Waals surface area contributed by atoms with Crippen LogP contribution in [0.1, 0.15) is 30.1 Å². The van der Waals surface area contributed by atoms with Crippen molar-refractivity contribution in [3.8, 4) is 0 Å². The second-order valence-corrected chi connectivity index (χ2v) is 5.55. The van der Waals surface area contributed by atoms with Crippen LogP contribution in [0.4, 0.5) is 10.5 Å². The molecule has 1 aromatic rings. The van der Waals surface area contributed by atoms with Gasteiger partial charge in [-0.25, -0.2) is 9.59 Å². The van der Waals surface area contributed by atoms with E-state index in [1.807, 2.05) is 6.92 Å². The summed E-state index contributed by atoms with van der Waals surface area (Å²) in [6.45, 7) is 1.95. The lowest BCUT2D eigenvalue weighted by molar-refractivity contribution is 0.0698. The number of nitrogens with one attached hydrogen (secondary N) is 2. The Hall–Kier alpha value is -1.56. The molecule has 1 saturated carbocycles. The van der Waals surface area contributed by atoms with Crippen molar-refractivity contribution in [3.05, 3.63) is 28.2 Å². The highest BCUT2D eigenvalue weighted by Gasteiger charge is 2.29. The summed E-state index contributed by atoms with van der Waals surface area (Å²) in [4.78, 5) is 22.9. The summed E-state index contributed by atoms with van der Waals surface area (Å²) in [5.41, 5.74) is 0.332. The molecule has 0 saturated heterocycles. The predicted octanol–water partition coefficient (Wildman–Crippen LogP) is 3.07. The van der Waals surface area contributed by atoms with E-state index in [2.05, 4.69) is 26.6 Å². The average Bonchev–Trinajstić information content (AvgIpc) is 3.15. The summed E-state index contributed by atoms with van der Waals surface area (Å²) in [5.74, 6) is -0.532. The van der Waals surface area contributed by atoms with Gasteiger partial charge in [-0.15, -0.1) is 0 Å². The first kappa shape index (κ1) is 13.9. The number of rotatable bonds is 4. The molecule has 19 heavy (non-hydrogen) atoms. The number of carboxylic acids is 1. The van der Waals surface area contributed by atoms with Crippen LogP contribution in [0.2, 0.25) is 0 Å². The molecule has 1 aliphatic carbocycles. The Balaban J connectivity index is 2.09.